The number of nitrogens with two attached hydrogens (primary N) is 1. The summed E-state index contributed by atoms with van der Waals surface area (Å²) in [4.78, 5) is 48.1. The minimum atomic E-state index is -0.303. The summed E-state index contributed by atoms with van der Waals surface area (Å²) in [5.74, 6) is -0.469. The van der Waals surface area contributed by atoms with Gasteiger partial charge in [-0.25, -0.2) is 9.59 Å². The van der Waals surface area contributed by atoms with E-state index in [1.54, 1.807) is 58.2 Å². The summed E-state index contributed by atoms with van der Waals surface area (Å²) in [5.41, 5.74) is 11.4. The first-order chi connectivity index (χ1) is 24.8. The van der Waals surface area contributed by atoms with E-state index in [0.717, 1.165) is 28.7 Å². The number of amides is 1. The second kappa shape index (κ2) is 29.5. The molecule has 5 rings (SSSR count). The third kappa shape index (κ3) is 19.1. The van der Waals surface area contributed by atoms with Crippen molar-refractivity contribution < 1.29 is 66.1 Å². The molecule has 5 aromatic rings. The number of hydrogen-bond donors (Lipinski definition) is 2. The van der Waals surface area contributed by atoms with Crippen molar-refractivity contribution in [2.75, 3.05) is 19.8 Å². The third-order valence-electron chi connectivity index (χ3n) is 6.44. The van der Waals surface area contributed by atoms with Crippen molar-refractivity contribution in [2.24, 2.45) is 5.73 Å². The van der Waals surface area contributed by atoms with Crippen LogP contribution in [0.25, 0.3) is 11.0 Å². The molecule has 1 radical (unpaired) electrons. The van der Waals surface area contributed by atoms with Gasteiger partial charge in [-0.2, -0.15) is 0 Å². The number of rotatable bonds is 6. The summed E-state index contributed by atoms with van der Waals surface area (Å²) in [6, 6.07) is 14.6. The number of ether oxygens (including phenoxy) is 2. The van der Waals surface area contributed by atoms with Crippen molar-refractivity contribution in [2.45, 2.75) is 61.8 Å². The van der Waals surface area contributed by atoms with Crippen LogP contribution in [-0.4, -0.2) is 64.0 Å². The van der Waals surface area contributed by atoms with Gasteiger partial charge in [0, 0.05) is 70.1 Å². The average molecular weight is 822 g/mol. The number of fused-ring (bicyclic) bond motifs is 2. The quantitative estimate of drug-likeness (QED) is 0.0839. The second-order valence-electron chi connectivity index (χ2n) is 10.6. The minimum absolute atomic E-state index is 0. The van der Waals surface area contributed by atoms with Crippen molar-refractivity contribution in [1.29, 1.82) is 0 Å². The number of aryl methyl sites for hydroxylation is 3. The van der Waals surface area contributed by atoms with Crippen LogP contribution in [0.4, 0.5) is 0 Å². The molecule has 15 heteroatoms. The van der Waals surface area contributed by atoms with Gasteiger partial charge in [-0.05, 0) is 108 Å². The maximum absolute atomic E-state index is 11.6. The van der Waals surface area contributed by atoms with E-state index in [-0.39, 0.29) is 56.3 Å². The molecule has 12 nitrogen and oxygen atoms in total. The predicted octanol–water partition coefficient (Wildman–Crippen LogP) is 6.53. The zero-order valence-electron chi connectivity index (χ0n) is 32.0. The van der Waals surface area contributed by atoms with Gasteiger partial charge in [-0.15, -0.1) is 0 Å². The van der Waals surface area contributed by atoms with Crippen LogP contribution in [0.1, 0.15) is 88.9 Å². The first-order valence-electron chi connectivity index (χ1n) is 16.6. The second-order valence-corrected chi connectivity index (χ2v) is 10.9. The molecule has 3 N–H and O–H groups in total. The molecule has 1 atom stereocenters. The van der Waals surface area contributed by atoms with Gasteiger partial charge >= 0.3 is 32.6 Å². The maximum Gasteiger partial charge on any atom is 0.224 e. The van der Waals surface area contributed by atoms with Gasteiger partial charge in [0.05, 0.1) is 46.6 Å². The van der Waals surface area contributed by atoms with Gasteiger partial charge in [-0.3, -0.25) is 16.8 Å². The standard InChI is InChI=1S/C12H13NO2.C11H11N2O.C9H11NO2.C4H8O.C2H7N.BH2OP.Y/c1-3-15-12(14)10-5-4-6-13-8-9(2)7-11(10)13;1-8-6-10-9(11(14)12-2)4-3-5-13(10)7-8;1-3-12-9(11)8-5-4-6-10-7(8)2;1-3-4(2)5;1-2-3;2-1-3;/h4-8H,3H2,1-2H3;3-7H,2H2,1H3,(H,12,14);4-6H,3H2,1-2H3;3H2,1-2H3;2-3H2,1H3;3H2;/q;-1;;;;;. The zero-order valence-corrected chi connectivity index (χ0v) is 36.0. The fourth-order valence-corrected chi connectivity index (χ4v) is 4.13. The Balaban J connectivity index is 0. The Morgan fingerprint density at radius 1 is 0.830 bits per heavy atom. The van der Waals surface area contributed by atoms with Gasteiger partial charge in [0.1, 0.15) is 5.78 Å². The number of hydrogen-bond acceptors (Lipinski definition) is 9. The van der Waals surface area contributed by atoms with E-state index in [2.05, 4.69) is 17.3 Å². The number of ketones is 1. The van der Waals surface area contributed by atoms with Crippen LogP contribution >= 0.6 is 9.12 Å². The number of aromatic nitrogens is 3. The van der Waals surface area contributed by atoms with Gasteiger partial charge < -0.3 is 34.1 Å². The van der Waals surface area contributed by atoms with E-state index in [1.807, 2.05) is 94.7 Å². The smallest absolute Gasteiger partial charge is 0.224 e. The number of carbonyl (C=O) groups excluding carboxylic acids is 4. The fourth-order valence-electron chi connectivity index (χ4n) is 4.13. The average Bonchev–Trinajstić information content (AvgIpc) is 3.70. The number of carbonyl (C=O) groups is 4. The van der Waals surface area contributed by atoms with Crippen molar-refractivity contribution >= 4 is 50.7 Å². The Bertz CT molecular complexity index is 1860. The van der Waals surface area contributed by atoms with Crippen LogP contribution in [0.5, 0.6) is 0 Å². The maximum atomic E-state index is 11.6. The van der Waals surface area contributed by atoms with Crippen molar-refractivity contribution in [3.63, 3.8) is 0 Å². The van der Waals surface area contributed by atoms with E-state index in [9.17, 15) is 19.2 Å². The summed E-state index contributed by atoms with van der Waals surface area (Å²) < 4.78 is 22.5. The van der Waals surface area contributed by atoms with Crippen LogP contribution in [0.3, 0.4) is 0 Å². The Morgan fingerprint density at radius 2 is 1.23 bits per heavy atom. The van der Waals surface area contributed by atoms with Crippen molar-refractivity contribution in [3.05, 3.63) is 120 Å². The first-order valence-corrected chi connectivity index (χ1v) is 17.3. The number of Topliss-reactive ketones (excluding diaryl/α,β-unsaturated/α-hetero) is 1. The molecule has 0 fully saturated rings. The molecular formula is C38H52BN5O7PY-. The first kappa shape index (κ1) is 51.2. The Labute approximate surface area is 341 Å². The molecule has 0 aromatic carbocycles. The Morgan fingerprint density at radius 3 is 1.62 bits per heavy atom. The van der Waals surface area contributed by atoms with Crippen LogP contribution < -0.4 is 11.1 Å². The predicted molar refractivity (Wildman–Crippen MR) is 210 cm³/mol. The van der Waals surface area contributed by atoms with Gasteiger partial charge in [0.25, 0.3) is 0 Å². The van der Waals surface area contributed by atoms with Crippen LogP contribution in [0.2, 0.25) is 0 Å². The van der Waals surface area contributed by atoms with Crippen LogP contribution in [0, 0.1) is 27.8 Å². The molecular weight excluding hydrogens is 769 g/mol. The molecule has 0 aliphatic carbocycles. The summed E-state index contributed by atoms with van der Waals surface area (Å²) in [7, 11) is 5.26. The monoisotopic (exact) mass is 821 g/mol. The molecule has 5 heterocycles. The molecule has 0 saturated carbocycles. The van der Waals surface area contributed by atoms with Gasteiger partial charge in [-0.1, -0.05) is 13.8 Å². The summed E-state index contributed by atoms with van der Waals surface area (Å²) >= 11 is 0. The molecule has 53 heavy (non-hydrogen) atoms. The summed E-state index contributed by atoms with van der Waals surface area (Å²) in [5, 5.41) is 2.38. The SMILES string of the molecule is CCC(C)=O.CCN.CCOC(=O)c1cccn2cc(C)cc12.CCOC(=O)c1cccnc1C.O=BP.[CH2-]NC(=O)c1cccn2cc(C)cc12.[Y]. The molecule has 0 aliphatic heterocycles. The van der Waals surface area contributed by atoms with E-state index in [4.69, 9.17) is 19.9 Å². The van der Waals surface area contributed by atoms with E-state index < -0.39 is 0 Å². The normalized spacial score (nSPS) is 9.11. The zero-order chi connectivity index (χ0) is 39.6. The number of nitrogens with one attached hydrogen (secondary N) is 1. The third-order valence-corrected chi connectivity index (χ3v) is 6.44. The molecule has 1 amide bonds. The Kier molecular flexibility index (Phi) is 28.6. The molecule has 283 valence electrons. The van der Waals surface area contributed by atoms with E-state index in [1.165, 1.54) is 0 Å². The van der Waals surface area contributed by atoms with E-state index in [0.29, 0.717) is 48.9 Å². The topological polar surface area (TPSA) is 164 Å². The fraction of sp³-hybridized carbons (Fsp3) is 0.316. The van der Waals surface area contributed by atoms with Gasteiger partial charge in [0.2, 0.25) is 5.91 Å². The van der Waals surface area contributed by atoms with E-state index >= 15 is 0 Å². The van der Waals surface area contributed by atoms with Gasteiger partial charge in [0.15, 0.2) is 0 Å². The summed E-state index contributed by atoms with van der Waals surface area (Å²) in [6.07, 6.45) is 10.1. The number of pyridine rings is 3. The van der Waals surface area contributed by atoms with Crippen LogP contribution in [0.15, 0.2) is 79.5 Å². The molecule has 0 saturated heterocycles. The van der Waals surface area contributed by atoms with Crippen molar-refractivity contribution in [1.82, 2.24) is 19.1 Å². The molecule has 5 aromatic heterocycles. The minimum Gasteiger partial charge on any atom is -0.504 e. The molecule has 0 spiro atoms. The Hall–Kier alpha value is -3.89. The molecule has 1 unspecified atom stereocenters. The summed E-state index contributed by atoms with van der Waals surface area (Å²) in [6.45, 7) is 16.9. The molecule has 0 bridgehead atoms. The number of nitrogens with zero attached hydrogens (tertiary/aromatic N) is 3. The van der Waals surface area contributed by atoms with Crippen LogP contribution in [-0.2, 0) is 51.7 Å². The number of esters is 2. The van der Waals surface area contributed by atoms with Crippen molar-refractivity contribution in [3.8, 4) is 0 Å². The largest absolute Gasteiger partial charge is 0.504 e. The molecule has 0 aliphatic rings.